The summed E-state index contributed by atoms with van der Waals surface area (Å²) in [6.45, 7) is 0. The largest absolute Gasteiger partial charge is 0.409 e. The van der Waals surface area contributed by atoms with Crippen LogP contribution in [-0.2, 0) is 0 Å². The van der Waals surface area contributed by atoms with Gasteiger partial charge in [-0.05, 0) is 30.0 Å². The Bertz CT molecular complexity index is 542. The molecule has 1 aromatic carbocycles. The van der Waals surface area contributed by atoms with Crippen molar-refractivity contribution in [2.24, 2.45) is 10.9 Å². The summed E-state index contributed by atoms with van der Waals surface area (Å²) < 4.78 is 0. The Morgan fingerprint density at radius 1 is 1.53 bits per heavy atom. The number of H-pyrrole nitrogens is 1. The van der Waals surface area contributed by atoms with Crippen LogP contribution >= 0.6 is 23.4 Å². The van der Waals surface area contributed by atoms with Crippen molar-refractivity contribution in [1.29, 1.82) is 0 Å². The van der Waals surface area contributed by atoms with E-state index in [-0.39, 0.29) is 5.84 Å². The molecule has 6 nitrogen and oxygen atoms in total. The van der Waals surface area contributed by atoms with Crippen LogP contribution in [-0.4, -0.2) is 26.2 Å². The van der Waals surface area contributed by atoms with E-state index in [2.05, 4.69) is 20.3 Å². The van der Waals surface area contributed by atoms with E-state index in [1.54, 1.807) is 18.2 Å². The summed E-state index contributed by atoms with van der Waals surface area (Å²) in [7, 11) is 0. The number of benzene rings is 1. The van der Waals surface area contributed by atoms with Gasteiger partial charge in [0.1, 0.15) is 6.33 Å². The first-order chi connectivity index (χ1) is 8.20. The number of hydrogen-bond donors (Lipinski definition) is 3. The van der Waals surface area contributed by atoms with Crippen molar-refractivity contribution in [3.63, 3.8) is 0 Å². The van der Waals surface area contributed by atoms with Crippen LogP contribution in [0.2, 0.25) is 5.02 Å². The van der Waals surface area contributed by atoms with Crippen LogP contribution in [0.15, 0.2) is 39.7 Å². The van der Waals surface area contributed by atoms with Gasteiger partial charge in [-0.15, -0.1) is 0 Å². The third-order valence-electron chi connectivity index (χ3n) is 1.92. The Hall–Kier alpha value is -1.73. The van der Waals surface area contributed by atoms with Gasteiger partial charge < -0.3 is 10.9 Å². The summed E-state index contributed by atoms with van der Waals surface area (Å²) in [4.78, 5) is 4.75. The summed E-state index contributed by atoms with van der Waals surface area (Å²) in [6.07, 6.45) is 1.40. The minimum Gasteiger partial charge on any atom is -0.409 e. The topological polar surface area (TPSA) is 100 Å². The van der Waals surface area contributed by atoms with Crippen LogP contribution in [0, 0.1) is 0 Å². The van der Waals surface area contributed by atoms with Crippen LogP contribution in [0.5, 0.6) is 0 Å². The number of nitrogens with two attached hydrogens (primary N) is 1. The molecule has 0 spiro atoms. The Morgan fingerprint density at radius 2 is 2.35 bits per heavy atom. The summed E-state index contributed by atoms with van der Waals surface area (Å²) >= 11 is 7.18. The molecular formula is C9H8ClN5OS. The number of rotatable bonds is 3. The lowest BCUT2D eigenvalue weighted by Gasteiger charge is -2.06. The molecule has 1 heterocycles. The fraction of sp³-hybridized carbons (Fsp3) is 0. The van der Waals surface area contributed by atoms with E-state index in [4.69, 9.17) is 22.5 Å². The van der Waals surface area contributed by atoms with Crippen molar-refractivity contribution in [3.05, 3.63) is 35.1 Å². The van der Waals surface area contributed by atoms with Gasteiger partial charge in [0.25, 0.3) is 0 Å². The van der Waals surface area contributed by atoms with Gasteiger partial charge in [-0.1, -0.05) is 16.8 Å². The summed E-state index contributed by atoms with van der Waals surface area (Å²) in [5, 5.41) is 19.2. The van der Waals surface area contributed by atoms with Gasteiger partial charge in [0.05, 0.1) is 0 Å². The summed E-state index contributed by atoms with van der Waals surface area (Å²) in [5.41, 5.74) is 6.12. The fourth-order valence-corrected chi connectivity index (χ4v) is 2.18. The zero-order valence-electron chi connectivity index (χ0n) is 8.46. The highest BCUT2D eigenvalue weighted by molar-refractivity contribution is 7.99. The molecule has 2 rings (SSSR count). The van der Waals surface area contributed by atoms with Crippen molar-refractivity contribution in [1.82, 2.24) is 15.2 Å². The average molecular weight is 270 g/mol. The van der Waals surface area contributed by atoms with E-state index in [9.17, 15) is 0 Å². The van der Waals surface area contributed by atoms with Gasteiger partial charge >= 0.3 is 0 Å². The van der Waals surface area contributed by atoms with Gasteiger partial charge in [0, 0.05) is 15.5 Å². The van der Waals surface area contributed by atoms with E-state index in [0.717, 1.165) is 4.90 Å². The normalized spacial score (nSPS) is 11.7. The van der Waals surface area contributed by atoms with Crippen LogP contribution in [0.1, 0.15) is 5.56 Å². The SMILES string of the molecule is NC(=NO)c1cc(Cl)ccc1Sc1ncn[nH]1. The number of aromatic nitrogens is 3. The van der Waals surface area contributed by atoms with E-state index in [1.807, 2.05) is 0 Å². The molecule has 0 saturated heterocycles. The van der Waals surface area contributed by atoms with Crippen molar-refractivity contribution >= 4 is 29.2 Å². The van der Waals surface area contributed by atoms with E-state index >= 15 is 0 Å². The van der Waals surface area contributed by atoms with Gasteiger partial charge in [-0.25, -0.2) is 4.98 Å². The standard InChI is InChI=1S/C9H8ClN5OS/c10-5-1-2-7(6(3-5)8(11)15-16)17-9-12-4-13-14-9/h1-4,16H,(H2,11,15)(H,12,13,14). The second-order valence-electron chi connectivity index (χ2n) is 3.02. The molecule has 0 saturated carbocycles. The van der Waals surface area contributed by atoms with Crippen LogP contribution < -0.4 is 5.73 Å². The second-order valence-corrected chi connectivity index (χ2v) is 4.49. The highest BCUT2D eigenvalue weighted by Crippen LogP contribution is 2.29. The maximum absolute atomic E-state index is 8.70. The fourth-order valence-electron chi connectivity index (χ4n) is 1.19. The maximum Gasteiger partial charge on any atom is 0.188 e. The molecule has 0 aliphatic carbocycles. The molecular weight excluding hydrogens is 262 g/mol. The molecule has 88 valence electrons. The first kappa shape index (κ1) is 11.7. The molecule has 0 aliphatic heterocycles. The quantitative estimate of drug-likeness (QED) is 0.341. The number of amidine groups is 1. The molecule has 1 aromatic heterocycles. The molecule has 0 atom stereocenters. The number of oxime groups is 1. The zero-order valence-corrected chi connectivity index (χ0v) is 10.0. The lowest BCUT2D eigenvalue weighted by molar-refractivity contribution is 0.318. The molecule has 0 aliphatic rings. The highest BCUT2D eigenvalue weighted by atomic mass is 35.5. The number of nitrogens with one attached hydrogen (secondary N) is 1. The predicted molar refractivity (Wildman–Crippen MR) is 64.5 cm³/mol. The number of aromatic amines is 1. The molecule has 0 unspecified atom stereocenters. The van der Waals surface area contributed by atoms with Crippen LogP contribution in [0.25, 0.3) is 0 Å². The molecule has 4 N–H and O–H groups in total. The van der Waals surface area contributed by atoms with E-state index in [1.165, 1.54) is 18.1 Å². The Balaban J connectivity index is 2.39. The smallest absolute Gasteiger partial charge is 0.188 e. The molecule has 17 heavy (non-hydrogen) atoms. The van der Waals surface area contributed by atoms with Crippen molar-refractivity contribution in [2.45, 2.75) is 10.1 Å². The number of hydrogen-bond acceptors (Lipinski definition) is 5. The summed E-state index contributed by atoms with van der Waals surface area (Å²) in [5.74, 6) is -0.00508. The average Bonchev–Trinajstić information content (AvgIpc) is 2.83. The van der Waals surface area contributed by atoms with Crippen molar-refractivity contribution < 1.29 is 5.21 Å². The molecule has 0 bridgehead atoms. The first-order valence-corrected chi connectivity index (χ1v) is 5.71. The van der Waals surface area contributed by atoms with Crippen molar-refractivity contribution in [2.75, 3.05) is 0 Å². The number of halogens is 1. The first-order valence-electron chi connectivity index (χ1n) is 4.51. The Labute approximate surface area is 106 Å². The zero-order chi connectivity index (χ0) is 12.3. The molecule has 0 amide bonds. The van der Waals surface area contributed by atoms with E-state index < -0.39 is 0 Å². The monoisotopic (exact) mass is 269 g/mol. The Morgan fingerprint density at radius 3 is 3.00 bits per heavy atom. The van der Waals surface area contributed by atoms with E-state index in [0.29, 0.717) is 15.7 Å². The minimum atomic E-state index is -0.00508. The highest BCUT2D eigenvalue weighted by Gasteiger charge is 2.10. The van der Waals surface area contributed by atoms with Crippen LogP contribution in [0.3, 0.4) is 0 Å². The lowest BCUT2D eigenvalue weighted by Crippen LogP contribution is -2.14. The molecule has 2 aromatic rings. The molecule has 0 radical (unpaired) electrons. The Kier molecular flexibility index (Phi) is 3.50. The lowest BCUT2D eigenvalue weighted by atomic mass is 10.2. The van der Waals surface area contributed by atoms with Gasteiger partial charge in [0.15, 0.2) is 11.0 Å². The maximum atomic E-state index is 8.70. The second kappa shape index (κ2) is 5.07. The summed E-state index contributed by atoms with van der Waals surface area (Å²) in [6, 6.07) is 5.10. The van der Waals surface area contributed by atoms with Gasteiger partial charge in [-0.3, -0.25) is 5.10 Å². The van der Waals surface area contributed by atoms with Gasteiger partial charge in [-0.2, -0.15) is 5.10 Å². The molecule has 8 heteroatoms. The third kappa shape index (κ3) is 2.69. The minimum absolute atomic E-state index is 0.00508. The third-order valence-corrected chi connectivity index (χ3v) is 3.13. The predicted octanol–water partition coefficient (Wildman–Crippen LogP) is 1.70. The number of nitrogens with zero attached hydrogens (tertiary/aromatic N) is 3. The van der Waals surface area contributed by atoms with Gasteiger partial charge in [0.2, 0.25) is 0 Å². The molecule has 0 fully saturated rings. The van der Waals surface area contributed by atoms with Crippen molar-refractivity contribution in [3.8, 4) is 0 Å². The van der Waals surface area contributed by atoms with Crippen LogP contribution in [0.4, 0.5) is 0 Å².